The van der Waals surface area contributed by atoms with Gasteiger partial charge in [0.2, 0.25) is 0 Å². The van der Waals surface area contributed by atoms with Crippen molar-refractivity contribution >= 4 is 27.5 Å². The lowest BCUT2D eigenvalue weighted by molar-refractivity contribution is 0.252. The minimum atomic E-state index is 0.578. The van der Waals surface area contributed by atoms with Gasteiger partial charge in [-0.2, -0.15) is 0 Å². The highest BCUT2D eigenvalue weighted by Gasteiger charge is 2.10. The normalized spacial score (nSPS) is 12.5. The van der Waals surface area contributed by atoms with E-state index >= 15 is 0 Å². The van der Waals surface area contributed by atoms with Crippen LogP contribution in [0.2, 0.25) is 5.02 Å². The highest BCUT2D eigenvalue weighted by Crippen LogP contribution is 2.27. The molecule has 0 amide bonds. The third kappa shape index (κ3) is 4.51. The van der Waals surface area contributed by atoms with Crippen LogP contribution in [-0.4, -0.2) is 11.9 Å². The predicted molar refractivity (Wildman–Crippen MR) is 78.6 cm³/mol. The lowest BCUT2D eigenvalue weighted by atomic mass is 10.1. The third-order valence-corrected chi connectivity index (χ3v) is 3.94. The summed E-state index contributed by atoms with van der Waals surface area (Å²) in [5.41, 5.74) is 2.22. The monoisotopic (exact) mass is 318 g/mol. The van der Waals surface area contributed by atoms with Gasteiger partial charge in [0.25, 0.3) is 0 Å². The van der Waals surface area contributed by atoms with Gasteiger partial charge in [-0.25, -0.2) is 0 Å². The summed E-state index contributed by atoms with van der Waals surface area (Å²) < 4.78 is 5.94. The molecule has 0 spiro atoms. The summed E-state index contributed by atoms with van der Waals surface area (Å²) in [5.74, 6) is 1.56. The summed E-state index contributed by atoms with van der Waals surface area (Å²) in [7, 11) is 0. The average Bonchev–Trinajstić information content (AvgIpc) is 2.26. The number of rotatable bonds is 6. The molecule has 1 nitrogen and oxygen atoms in total. The lowest BCUT2D eigenvalue weighted by Gasteiger charge is -2.17. The van der Waals surface area contributed by atoms with Gasteiger partial charge in [0.05, 0.1) is 6.61 Å². The molecule has 1 rings (SSSR count). The molecule has 3 heteroatoms. The summed E-state index contributed by atoms with van der Waals surface area (Å²) in [6.45, 7) is 7.05. The molecule has 17 heavy (non-hydrogen) atoms. The number of benzene rings is 1. The van der Waals surface area contributed by atoms with Crippen molar-refractivity contribution in [3.05, 3.63) is 28.3 Å². The third-order valence-electron chi connectivity index (χ3n) is 2.80. The van der Waals surface area contributed by atoms with Gasteiger partial charge < -0.3 is 4.74 Å². The van der Waals surface area contributed by atoms with Gasteiger partial charge in [-0.1, -0.05) is 40.9 Å². The Kier molecular flexibility index (Phi) is 6.35. The van der Waals surface area contributed by atoms with E-state index in [1.807, 2.05) is 26.0 Å². The number of hydrogen-bond acceptors (Lipinski definition) is 1. The van der Waals surface area contributed by atoms with E-state index in [9.17, 15) is 0 Å². The first kappa shape index (κ1) is 14.8. The van der Waals surface area contributed by atoms with Crippen LogP contribution in [0.4, 0.5) is 0 Å². The van der Waals surface area contributed by atoms with Crippen LogP contribution in [0, 0.1) is 19.8 Å². The predicted octanol–water partition coefficient (Wildman–Crippen LogP) is 5.15. The van der Waals surface area contributed by atoms with E-state index in [2.05, 4.69) is 22.9 Å². The maximum Gasteiger partial charge on any atom is 0.125 e. The van der Waals surface area contributed by atoms with Crippen LogP contribution in [0.5, 0.6) is 5.75 Å². The van der Waals surface area contributed by atoms with Gasteiger partial charge in [0.1, 0.15) is 5.75 Å². The highest BCUT2D eigenvalue weighted by atomic mass is 79.9. The fourth-order valence-corrected chi connectivity index (χ4v) is 2.78. The molecule has 1 aromatic rings. The quantitative estimate of drug-likeness (QED) is 0.659. The second-order valence-corrected chi connectivity index (χ2v) is 5.57. The van der Waals surface area contributed by atoms with E-state index in [1.54, 1.807) is 0 Å². The Morgan fingerprint density at radius 1 is 1.29 bits per heavy atom. The lowest BCUT2D eigenvalue weighted by Crippen LogP contribution is -2.14. The van der Waals surface area contributed by atoms with Crippen LogP contribution >= 0.6 is 27.5 Å². The van der Waals surface area contributed by atoms with Gasteiger partial charge >= 0.3 is 0 Å². The molecule has 1 unspecified atom stereocenters. The molecule has 0 aromatic heterocycles. The Morgan fingerprint density at radius 2 is 1.88 bits per heavy atom. The van der Waals surface area contributed by atoms with Gasteiger partial charge in [0.15, 0.2) is 0 Å². The van der Waals surface area contributed by atoms with E-state index in [1.165, 1.54) is 12.8 Å². The van der Waals surface area contributed by atoms with Crippen LogP contribution in [-0.2, 0) is 0 Å². The Hall–Kier alpha value is -0.210. The van der Waals surface area contributed by atoms with Gasteiger partial charge in [0, 0.05) is 16.3 Å². The fourth-order valence-electron chi connectivity index (χ4n) is 1.94. The summed E-state index contributed by atoms with van der Waals surface area (Å²) in [6.07, 6.45) is 2.38. The van der Waals surface area contributed by atoms with E-state index in [4.69, 9.17) is 16.3 Å². The van der Waals surface area contributed by atoms with Crippen LogP contribution in [0.25, 0.3) is 0 Å². The SMILES string of the molecule is CCCC(CBr)COc1c(C)cc(Cl)cc1C. The highest BCUT2D eigenvalue weighted by molar-refractivity contribution is 9.09. The summed E-state index contributed by atoms with van der Waals surface area (Å²) in [6, 6.07) is 3.90. The standard InChI is InChI=1S/C14H20BrClO/c1-4-5-12(8-15)9-17-14-10(2)6-13(16)7-11(14)3/h6-7,12H,4-5,8-9H2,1-3H3. The molecule has 0 aliphatic heterocycles. The zero-order valence-electron chi connectivity index (χ0n) is 10.7. The van der Waals surface area contributed by atoms with Gasteiger partial charge in [-0.3, -0.25) is 0 Å². The minimum absolute atomic E-state index is 0.578. The van der Waals surface area contributed by atoms with Crippen molar-refractivity contribution in [1.82, 2.24) is 0 Å². The van der Waals surface area contributed by atoms with Crippen molar-refractivity contribution in [3.8, 4) is 5.75 Å². The average molecular weight is 320 g/mol. The molecule has 0 fully saturated rings. The number of hydrogen-bond donors (Lipinski definition) is 0. The fraction of sp³-hybridized carbons (Fsp3) is 0.571. The van der Waals surface area contributed by atoms with Crippen LogP contribution in [0.1, 0.15) is 30.9 Å². The summed E-state index contributed by atoms with van der Waals surface area (Å²) >= 11 is 9.54. The molecular weight excluding hydrogens is 300 g/mol. The molecule has 0 saturated heterocycles. The first-order valence-electron chi connectivity index (χ1n) is 6.04. The molecule has 1 atom stereocenters. The molecule has 0 bridgehead atoms. The zero-order valence-corrected chi connectivity index (χ0v) is 13.1. The molecule has 0 radical (unpaired) electrons. The summed E-state index contributed by atoms with van der Waals surface area (Å²) in [5, 5.41) is 1.77. The van der Waals surface area contributed by atoms with Crippen molar-refractivity contribution in [2.75, 3.05) is 11.9 Å². The first-order valence-corrected chi connectivity index (χ1v) is 7.54. The van der Waals surface area contributed by atoms with E-state index < -0.39 is 0 Å². The van der Waals surface area contributed by atoms with Crippen molar-refractivity contribution < 1.29 is 4.74 Å². The Morgan fingerprint density at radius 3 is 2.35 bits per heavy atom. The topological polar surface area (TPSA) is 9.23 Å². The molecular formula is C14H20BrClO. The second kappa shape index (κ2) is 7.27. The number of ether oxygens (including phenoxy) is 1. The minimum Gasteiger partial charge on any atom is -0.493 e. The summed E-state index contributed by atoms with van der Waals surface area (Å²) in [4.78, 5) is 0. The van der Waals surface area contributed by atoms with E-state index in [0.29, 0.717) is 5.92 Å². The van der Waals surface area contributed by atoms with Crippen molar-refractivity contribution in [3.63, 3.8) is 0 Å². The largest absolute Gasteiger partial charge is 0.493 e. The maximum atomic E-state index is 6.00. The van der Waals surface area contributed by atoms with Crippen LogP contribution < -0.4 is 4.74 Å². The molecule has 96 valence electrons. The van der Waals surface area contributed by atoms with Gasteiger partial charge in [-0.15, -0.1) is 0 Å². The molecule has 0 saturated carbocycles. The van der Waals surface area contributed by atoms with E-state index in [-0.39, 0.29) is 0 Å². The van der Waals surface area contributed by atoms with Crippen molar-refractivity contribution in [1.29, 1.82) is 0 Å². The van der Waals surface area contributed by atoms with Gasteiger partial charge in [-0.05, 0) is 43.5 Å². The number of alkyl halides is 1. The number of halogens is 2. The molecule has 0 aliphatic carbocycles. The van der Waals surface area contributed by atoms with Crippen molar-refractivity contribution in [2.45, 2.75) is 33.6 Å². The van der Waals surface area contributed by atoms with Crippen LogP contribution in [0.15, 0.2) is 12.1 Å². The Labute approximate surface area is 118 Å². The number of aryl methyl sites for hydroxylation is 2. The maximum absolute atomic E-state index is 6.00. The molecule has 0 heterocycles. The smallest absolute Gasteiger partial charge is 0.125 e. The zero-order chi connectivity index (χ0) is 12.8. The van der Waals surface area contributed by atoms with E-state index in [0.717, 1.165) is 33.8 Å². The first-order chi connectivity index (χ1) is 8.08. The van der Waals surface area contributed by atoms with Crippen molar-refractivity contribution in [2.24, 2.45) is 5.92 Å². The Balaban J connectivity index is 2.68. The molecule has 1 aromatic carbocycles. The van der Waals surface area contributed by atoms with Crippen LogP contribution in [0.3, 0.4) is 0 Å². The molecule has 0 aliphatic rings. The Bertz CT molecular complexity index is 342. The second-order valence-electron chi connectivity index (χ2n) is 4.49. The molecule has 0 N–H and O–H groups in total.